The second-order valence-electron chi connectivity index (χ2n) is 4.27. The number of ether oxygens (including phenoxy) is 1. The van der Waals surface area contributed by atoms with Crippen molar-refractivity contribution in [1.29, 1.82) is 0 Å². The molecule has 2 rings (SSSR count). The summed E-state index contributed by atoms with van der Waals surface area (Å²) in [6.07, 6.45) is 1.28. The van der Waals surface area contributed by atoms with E-state index in [-0.39, 0.29) is 0 Å². The van der Waals surface area contributed by atoms with Crippen molar-refractivity contribution >= 4 is 11.8 Å². The molecule has 0 radical (unpaired) electrons. The molecule has 88 valence electrons. The third kappa shape index (κ3) is 2.92. The highest BCUT2D eigenvalue weighted by atomic mass is 32.2. The lowest BCUT2D eigenvalue weighted by Gasteiger charge is -2.13. The normalized spacial score (nSPS) is 24.6. The number of hydrogen-bond donors (Lipinski definition) is 1. The van der Waals surface area contributed by atoms with E-state index in [4.69, 9.17) is 4.74 Å². The lowest BCUT2D eigenvalue weighted by molar-refractivity contribution is 0.405. The summed E-state index contributed by atoms with van der Waals surface area (Å²) >= 11 is 2.06. The summed E-state index contributed by atoms with van der Waals surface area (Å²) < 4.78 is 5.34. The van der Waals surface area contributed by atoms with Crippen molar-refractivity contribution < 1.29 is 4.74 Å². The van der Waals surface area contributed by atoms with Gasteiger partial charge in [-0.05, 0) is 12.5 Å². The Morgan fingerprint density at radius 3 is 2.94 bits per heavy atom. The Morgan fingerprint density at radius 1 is 1.44 bits per heavy atom. The molecule has 0 saturated carbocycles. The van der Waals surface area contributed by atoms with E-state index in [0.717, 1.165) is 17.5 Å². The molecule has 1 N–H and O–H groups in total. The highest BCUT2D eigenvalue weighted by molar-refractivity contribution is 8.00. The standard InChI is InChI=1S/C13H19NOS/c1-10-7-12(9-16-10)14-8-11-5-3-4-6-13(11)15-2/h3-6,10,12,14H,7-9H2,1-2H3/t10-,12-/m1/s1. The van der Waals surface area contributed by atoms with Crippen molar-refractivity contribution in [3.8, 4) is 5.75 Å². The largest absolute Gasteiger partial charge is 0.496 e. The van der Waals surface area contributed by atoms with Gasteiger partial charge in [0.05, 0.1) is 7.11 Å². The molecule has 2 nitrogen and oxygen atoms in total. The van der Waals surface area contributed by atoms with Gasteiger partial charge in [-0.2, -0.15) is 11.8 Å². The molecule has 0 unspecified atom stereocenters. The van der Waals surface area contributed by atoms with E-state index >= 15 is 0 Å². The molecule has 3 heteroatoms. The zero-order valence-corrected chi connectivity index (χ0v) is 10.7. The molecule has 1 fully saturated rings. The molecule has 0 bridgehead atoms. The van der Waals surface area contributed by atoms with Crippen LogP contribution < -0.4 is 10.1 Å². The van der Waals surface area contributed by atoms with Gasteiger partial charge in [-0.15, -0.1) is 0 Å². The van der Waals surface area contributed by atoms with E-state index in [1.807, 2.05) is 12.1 Å². The second-order valence-corrected chi connectivity index (χ2v) is 5.74. The highest BCUT2D eigenvalue weighted by Gasteiger charge is 2.21. The molecule has 2 atom stereocenters. The Morgan fingerprint density at radius 2 is 2.25 bits per heavy atom. The summed E-state index contributed by atoms with van der Waals surface area (Å²) in [7, 11) is 1.73. The second kappa shape index (κ2) is 5.60. The van der Waals surface area contributed by atoms with Crippen molar-refractivity contribution in [3.63, 3.8) is 0 Å². The summed E-state index contributed by atoms with van der Waals surface area (Å²) in [5.74, 6) is 2.21. The highest BCUT2D eigenvalue weighted by Crippen LogP contribution is 2.26. The fourth-order valence-electron chi connectivity index (χ4n) is 2.06. The molecule has 1 heterocycles. The fourth-order valence-corrected chi connectivity index (χ4v) is 3.25. The van der Waals surface area contributed by atoms with Crippen LogP contribution in [0.25, 0.3) is 0 Å². The minimum absolute atomic E-state index is 0.657. The predicted octanol–water partition coefficient (Wildman–Crippen LogP) is 2.68. The average Bonchev–Trinajstić information content (AvgIpc) is 2.73. The van der Waals surface area contributed by atoms with Crippen LogP contribution in [-0.4, -0.2) is 24.2 Å². The van der Waals surface area contributed by atoms with Gasteiger partial charge in [0, 0.05) is 29.2 Å². The van der Waals surface area contributed by atoms with Crippen LogP contribution in [0.3, 0.4) is 0 Å². The summed E-state index contributed by atoms with van der Waals surface area (Å²) in [4.78, 5) is 0. The Bertz CT molecular complexity index is 342. The van der Waals surface area contributed by atoms with Gasteiger partial charge in [-0.1, -0.05) is 25.1 Å². The zero-order valence-electron chi connectivity index (χ0n) is 9.90. The molecule has 1 saturated heterocycles. The molecule has 1 aromatic carbocycles. The fraction of sp³-hybridized carbons (Fsp3) is 0.538. The quantitative estimate of drug-likeness (QED) is 0.870. The van der Waals surface area contributed by atoms with E-state index < -0.39 is 0 Å². The topological polar surface area (TPSA) is 21.3 Å². The lowest BCUT2D eigenvalue weighted by Crippen LogP contribution is -2.28. The molecule has 16 heavy (non-hydrogen) atoms. The number of nitrogens with one attached hydrogen (secondary N) is 1. The van der Waals surface area contributed by atoms with Crippen molar-refractivity contribution in [2.24, 2.45) is 0 Å². The first-order valence-electron chi connectivity index (χ1n) is 5.76. The van der Waals surface area contributed by atoms with Crippen LogP contribution in [0, 0.1) is 0 Å². The SMILES string of the molecule is COc1ccccc1CN[C@H]1CS[C@H](C)C1. The first-order valence-corrected chi connectivity index (χ1v) is 6.81. The zero-order chi connectivity index (χ0) is 11.4. The van der Waals surface area contributed by atoms with Crippen LogP contribution in [0.5, 0.6) is 5.75 Å². The van der Waals surface area contributed by atoms with E-state index in [9.17, 15) is 0 Å². The molecule has 1 aliphatic rings. The van der Waals surface area contributed by atoms with Gasteiger partial charge in [0.25, 0.3) is 0 Å². The lowest BCUT2D eigenvalue weighted by atomic mass is 10.1. The third-order valence-electron chi connectivity index (χ3n) is 2.97. The number of methoxy groups -OCH3 is 1. The summed E-state index contributed by atoms with van der Waals surface area (Å²) in [5.41, 5.74) is 1.24. The maximum Gasteiger partial charge on any atom is 0.123 e. The smallest absolute Gasteiger partial charge is 0.123 e. The average molecular weight is 237 g/mol. The number of para-hydroxylation sites is 1. The van der Waals surface area contributed by atoms with Gasteiger partial charge in [0.1, 0.15) is 5.75 Å². The van der Waals surface area contributed by atoms with Crippen molar-refractivity contribution in [2.45, 2.75) is 31.2 Å². The molecular formula is C13H19NOS. The molecule has 1 aromatic rings. The van der Waals surface area contributed by atoms with Crippen LogP contribution in [0.4, 0.5) is 0 Å². The van der Waals surface area contributed by atoms with Crippen LogP contribution >= 0.6 is 11.8 Å². The van der Waals surface area contributed by atoms with Gasteiger partial charge in [0.15, 0.2) is 0 Å². The van der Waals surface area contributed by atoms with Crippen LogP contribution in [-0.2, 0) is 6.54 Å². The number of hydrogen-bond acceptors (Lipinski definition) is 3. The maximum absolute atomic E-state index is 5.34. The van der Waals surface area contributed by atoms with Crippen LogP contribution in [0.2, 0.25) is 0 Å². The van der Waals surface area contributed by atoms with Crippen LogP contribution in [0.1, 0.15) is 18.9 Å². The minimum atomic E-state index is 0.657. The minimum Gasteiger partial charge on any atom is -0.496 e. The number of benzene rings is 1. The predicted molar refractivity (Wildman–Crippen MR) is 70.2 cm³/mol. The summed E-state index contributed by atoms with van der Waals surface area (Å²) in [6.45, 7) is 3.21. The van der Waals surface area contributed by atoms with E-state index in [1.165, 1.54) is 17.7 Å². The monoisotopic (exact) mass is 237 g/mol. The molecule has 1 aliphatic heterocycles. The first-order chi connectivity index (χ1) is 7.79. The first kappa shape index (κ1) is 11.8. The van der Waals surface area contributed by atoms with Gasteiger partial charge in [-0.3, -0.25) is 0 Å². The van der Waals surface area contributed by atoms with E-state index in [1.54, 1.807) is 7.11 Å². The van der Waals surface area contributed by atoms with Crippen molar-refractivity contribution in [2.75, 3.05) is 12.9 Å². The van der Waals surface area contributed by atoms with Gasteiger partial charge >= 0.3 is 0 Å². The Kier molecular flexibility index (Phi) is 4.13. The number of rotatable bonds is 4. The Hall–Kier alpha value is -0.670. The Balaban J connectivity index is 1.89. The molecule has 0 amide bonds. The van der Waals surface area contributed by atoms with E-state index in [0.29, 0.717) is 6.04 Å². The van der Waals surface area contributed by atoms with Crippen molar-refractivity contribution in [3.05, 3.63) is 29.8 Å². The van der Waals surface area contributed by atoms with E-state index in [2.05, 4.69) is 36.1 Å². The molecular weight excluding hydrogens is 218 g/mol. The number of thioether (sulfide) groups is 1. The molecule has 0 aliphatic carbocycles. The third-order valence-corrected chi connectivity index (χ3v) is 4.33. The summed E-state index contributed by atoms with van der Waals surface area (Å²) in [6, 6.07) is 8.87. The van der Waals surface area contributed by atoms with Crippen molar-refractivity contribution in [1.82, 2.24) is 5.32 Å². The Labute approximate surface area is 102 Å². The summed E-state index contributed by atoms with van der Waals surface area (Å²) in [5, 5.41) is 4.40. The molecule has 0 spiro atoms. The van der Waals surface area contributed by atoms with Gasteiger partial charge in [-0.25, -0.2) is 0 Å². The maximum atomic E-state index is 5.34. The van der Waals surface area contributed by atoms with Gasteiger partial charge < -0.3 is 10.1 Å². The molecule has 0 aromatic heterocycles. The van der Waals surface area contributed by atoms with Crippen LogP contribution in [0.15, 0.2) is 24.3 Å². The van der Waals surface area contributed by atoms with Gasteiger partial charge in [0.2, 0.25) is 0 Å².